The summed E-state index contributed by atoms with van der Waals surface area (Å²) in [5.74, 6) is 0.533. The standard InChI is InChI=1S/C14H21BrN2O2/c1-4-9(2)17-14(18)8-19-13-6-5-11(15)7-12(13)10(3)16/h5-7,9-10H,4,8,16H2,1-3H3,(H,17,18). The van der Waals surface area contributed by atoms with Gasteiger partial charge in [-0.15, -0.1) is 0 Å². The van der Waals surface area contributed by atoms with Gasteiger partial charge < -0.3 is 15.8 Å². The van der Waals surface area contributed by atoms with Gasteiger partial charge in [-0.05, 0) is 38.5 Å². The lowest BCUT2D eigenvalue weighted by Gasteiger charge is -2.15. The van der Waals surface area contributed by atoms with Gasteiger partial charge in [0.1, 0.15) is 5.75 Å². The molecule has 0 aliphatic carbocycles. The Bertz CT molecular complexity index is 435. The van der Waals surface area contributed by atoms with Crippen molar-refractivity contribution in [3.05, 3.63) is 28.2 Å². The Morgan fingerprint density at radius 1 is 1.47 bits per heavy atom. The fraction of sp³-hybridized carbons (Fsp3) is 0.500. The Morgan fingerprint density at radius 3 is 2.74 bits per heavy atom. The third-order valence-electron chi connectivity index (χ3n) is 2.84. The van der Waals surface area contributed by atoms with Crippen LogP contribution in [0.4, 0.5) is 0 Å². The van der Waals surface area contributed by atoms with Gasteiger partial charge in [0, 0.05) is 22.1 Å². The molecular weight excluding hydrogens is 308 g/mol. The minimum atomic E-state index is -0.148. The average molecular weight is 329 g/mol. The molecule has 4 nitrogen and oxygen atoms in total. The predicted molar refractivity (Wildman–Crippen MR) is 80.1 cm³/mol. The van der Waals surface area contributed by atoms with E-state index in [-0.39, 0.29) is 24.6 Å². The molecule has 1 amide bonds. The number of hydrogen-bond donors (Lipinski definition) is 2. The largest absolute Gasteiger partial charge is 0.483 e. The lowest BCUT2D eigenvalue weighted by molar-refractivity contribution is -0.123. The predicted octanol–water partition coefficient (Wildman–Crippen LogP) is 2.76. The zero-order chi connectivity index (χ0) is 14.4. The molecule has 0 heterocycles. The number of halogens is 1. The maximum atomic E-state index is 11.7. The Kier molecular flexibility index (Phi) is 6.31. The van der Waals surface area contributed by atoms with Crippen molar-refractivity contribution < 1.29 is 9.53 Å². The van der Waals surface area contributed by atoms with Gasteiger partial charge in [0.05, 0.1) is 0 Å². The number of ether oxygens (including phenoxy) is 1. The number of benzene rings is 1. The smallest absolute Gasteiger partial charge is 0.258 e. The third kappa shape index (κ3) is 5.20. The maximum Gasteiger partial charge on any atom is 0.258 e. The number of nitrogens with one attached hydrogen (secondary N) is 1. The first-order valence-corrected chi connectivity index (χ1v) is 7.20. The highest BCUT2D eigenvalue weighted by Crippen LogP contribution is 2.27. The summed E-state index contributed by atoms with van der Waals surface area (Å²) in [6, 6.07) is 5.61. The van der Waals surface area contributed by atoms with Crippen LogP contribution in [0.1, 0.15) is 38.8 Å². The lowest BCUT2D eigenvalue weighted by atomic mass is 10.1. The molecule has 3 N–H and O–H groups in total. The Morgan fingerprint density at radius 2 is 2.16 bits per heavy atom. The zero-order valence-electron chi connectivity index (χ0n) is 11.6. The molecule has 106 valence electrons. The second-order valence-corrected chi connectivity index (χ2v) is 5.55. The first-order valence-electron chi connectivity index (χ1n) is 6.41. The highest BCUT2D eigenvalue weighted by molar-refractivity contribution is 9.10. The van der Waals surface area contributed by atoms with Crippen LogP contribution in [0.5, 0.6) is 5.75 Å². The molecule has 0 radical (unpaired) electrons. The number of hydrogen-bond acceptors (Lipinski definition) is 3. The van der Waals surface area contributed by atoms with Crippen molar-refractivity contribution in [3.63, 3.8) is 0 Å². The highest BCUT2D eigenvalue weighted by Gasteiger charge is 2.11. The monoisotopic (exact) mass is 328 g/mol. The summed E-state index contributed by atoms with van der Waals surface area (Å²) in [5, 5.41) is 2.86. The Balaban J connectivity index is 2.65. The molecule has 1 rings (SSSR count). The molecule has 2 unspecified atom stereocenters. The van der Waals surface area contributed by atoms with Crippen molar-refractivity contribution in [2.75, 3.05) is 6.61 Å². The summed E-state index contributed by atoms with van der Waals surface area (Å²) in [4.78, 5) is 11.7. The summed E-state index contributed by atoms with van der Waals surface area (Å²) in [6.07, 6.45) is 0.898. The SMILES string of the molecule is CCC(C)NC(=O)COc1ccc(Br)cc1C(C)N. The number of carbonyl (C=O) groups is 1. The molecule has 0 saturated heterocycles. The zero-order valence-corrected chi connectivity index (χ0v) is 13.2. The molecule has 19 heavy (non-hydrogen) atoms. The van der Waals surface area contributed by atoms with E-state index in [1.54, 1.807) is 0 Å². The molecule has 5 heteroatoms. The van der Waals surface area contributed by atoms with Crippen LogP contribution in [0.15, 0.2) is 22.7 Å². The molecule has 0 aliphatic heterocycles. The van der Waals surface area contributed by atoms with E-state index in [1.165, 1.54) is 0 Å². The van der Waals surface area contributed by atoms with Gasteiger partial charge in [0.15, 0.2) is 6.61 Å². The summed E-state index contributed by atoms with van der Waals surface area (Å²) in [5.41, 5.74) is 6.77. The molecule has 1 aromatic carbocycles. The van der Waals surface area contributed by atoms with Crippen molar-refractivity contribution in [1.82, 2.24) is 5.32 Å². The fourth-order valence-electron chi connectivity index (χ4n) is 1.57. The third-order valence-corrected chi connectivity index (χ3v) is 3.33. The average Bonchev–Trinajstić information content (AvgIpc) is 2.36. The minimum Gasteiger partial charge on any atom is -0.483 e. The van der Waals surface area contributed by atoms with Crippen molar-refractivity contribution in [2.24, 2.45) is 5.73 Å². The lowest BCUT2D eigenvalue weighted by Crippen LogP contribution is -2.35. The van der Waals surface area contributed by atoms with E-state index in [4.69, 9.17) is 10.5 Å². The van der Waals surface area contributed by atoms with E-state index in [0.717, 1.165) is 16.5 Å². The minimum absolute atomic E-state index is 0.00565. The van der Waals surface area contributed by atoms with Crippen molar-refractivity contribution in [3.8, 4) is 5.75 Å². The van der Waals surface area contributed by atoms with E-state index >= 15 is 0 Å². The van der Waals surface area contributed by atoms with Crippen molar-refractivity contribution in [1.29, 1.82) is 0 Å². The van der Waals surface area contributed by atoms with Gasteiger partial charge in [0.2, 0.25) is 0 Å². The molecule has 0 saturated carbocycles. The van der Waals surface area contributed by atoms with Crippen LogP contribution < -0.4 is 15.8 Å². The molecule has 2 atom stereocenters. The fourth-order valence-corrected chi connectivity index (χ4v) is 1.95. The van der Waals surface area contributed by atoms with Crippen LogP contribution in [0.2, 0.25) is 0 Å². The van der Waals surface area contributed by atoms with Crippen LogP contribution in [0, 0.1) is 0 Å². The van der Waals surface area contributed by atoms with Crippen molar-refractivity contribution >= 4 is 21.8 Å². The van der Waals surface area contributed by atoms with E-state index < -0.39 is 0 Å². The summed E-state index contributed by atoms with van der Waals surface area (Å²) in [7, 11) is 0. The first kappa shape index (κ1) is 16.0. The molecule has 0 aromatic heterocycles. The Labute approximate surface area is 122 Å². The van der Waals surface area contributed by atoms with Gasteiger partial charge in [0.25, 0.3) is 5.91 Å². The summed E-state index contributed by atoms with van der Waals surface area (Å²) in [6.45, 7) is 5.87. The van der Waals surface area contributed by atoms with Gasteiger partial charge in [-0.3, -0.25) is 4.79 Å². The van der Waals surface area contributed by atoms with E-state index in [2.05, 4.69) is 21.2 Å². The normalized spacial score (nSPS) is 13.7. The number of nitrogens with two attached hydrogens (primary N) is 1. The van der Waals surface area contributed by atoms with E-state index in [9.17, 15) is 4.79 Å². The summed E-state index contributed by atoms with van der Waals surface area (Å²) < 4.78 is 6.49. The van der Waals surface area contributed by atoms with Crippen LogP contribution in [0.3, 0.4) is 0 Å². The van der Waals surface area contributed by atoms with Crippen molar-refractivity contribution in [2.45, 2.75) is 39.3 Å². The van der Waals surface area contributed by atoms with E-state index in [1.807, 2.05) is 39.0 Å². The van der Waals surface area contributed by atoms with Crippen LogP contribution in [-0.4, -0.2) is 18.6 Å². The van der Waals surface area contributed by atoms with Crippen LogP contribution in [0.25, 0.3) is 0 Å². The Hall–Kier alpha value is -1.07. The molecule has 0 aliphatic rings. The van der Waals surface area contributed by atoms with Gasteiger partial charge in [-0.2, -0.15) is 0 Å². The molecule has 0 fully saturated rings. The number of carbonyl (C=O) groups excluding carboxylic acids is 1. The molecular formula is C14H21BrN2O2. The topological polar surface area (TPSA) is 64.3 Å². The second kappa shape index (κ2) is 7.50. The van der Waals surface area contributed by atoms with Gasteiger partial charge in [-0.1, -0.05) is 22.9 Å². The quantitative estimate of drug-likeness (QED) is 0.843. The number of rotatable bonds is 6. The van der Waals surface area contributed by atoms with E-state index in [0.29, 0.717) is 5.75 Å². The molecule has 0 bridgehead atoms. The summed E-state index contributed by atoms with van der Waals surface area (Å²) >= 11 is 3.40. The number of amides is 1. The maximum absolute atomic E-state index is 11.7. The molecule has 0 spiro atoms. The molecule has 1 aromatic rings. The highest BCUT2D eigenvalue weighted by atomic mass is 79.9. The second-order valence-electron chi connectivity index (χ2n) is 4.64. The van der Waals surface area contributed by atoms with Crippen LogP contribution >= 0.6 is 15.9 Å². The van der Waals surface area contributed by atoms with Crippen LogP contribution in [-0.2, 0) is 4.79 Å². The van der Waals surface area contributed by atoms with Gasteiger partial charge in [-0.25, -0.2) is 0 Å². The van der Waals surface area contributed by atoms with Gasteiger partial charge >= 0.3 is 0 Å². The first-order chi connectivity index (χ1) is 8.93.